The predicted molar refractivity (Wildman–Crippen MR) is 184 cm³/mol. The van der Waals surface area contributed by atoms with Crippen molar-refractivity contribution in [1.29, 1.82) is 0 Å². The molecule has 0 radical (unpaired) electrons. The lowest BCUT2D eigenvalue weighted by molar-refractivity contribution is -0.138. The van der Waals surface area contributed by atoms with Crippen molar-refractivity contribution in [2.45, 2.75) is 75.7 Å². The Hall–Kier alpha value is -3.68. The second kappa shape index (κ2) is 16.1. The number of nitrogens with zero attached hydrogens (tertiary/aromatic N) is 3. The number of fused-ring (bicyclic) bond motifs is 1. The number of hydrogen-bond donors (Lipinski definition) is 3. The molecule has 2 fully saturated rings. The average Bonchev–Trinajstić information content (AvgIpc) is 3.86. The molecule has 0 spiro atoms. The van der Waals surface area contributed by atoms with Crippen molar-refractivity contribution in [1.82, 2.24) is 25.5 Å². The van der Waals surface area contributed by atoms with Gasteiger partial charge in [0, 0.05) is 41.5 Å². The van der Waals surface area contributed by atoms with Crippen molar-refractivity contribution in [3.8, 4) is 0 Å². The van der Waals surface area contributed by atoms with Gasteiger partial charge in [0.1, 0.15) is 11.6 Å². The molecule has 2 aromatic carbocycles. The number of carbonyl (C=O) groups excluding carboxylic acids is 3. The van der Waals surface area contributed by atoms with E-state index in [1.54, 1.807) is 52.8 Å². The van der Waals surface area contributed by atoms with Crippen molar-refractivity contribution in [2.75, 3.05) is 26.2 Å². The number of rotatable bonds is 14. The lowest BCUT2D eigenvalue weighted by Gasteiger charge is -2.25. The summed E-state index contributed by atoms with van der Waals surface area (Å²) in [5.74, 6) is -0.737. The highest BCUT2D eigenvalue weighted by Gasteiger charge is 2.41. The van der Waals surface area contributed by atoms with Crippen LogP contribution in [0.15, 0.2) is 59.1 Å². The number of unbranched alkanes of at least 4 members (excludes halogenated alkanes) is 1. The van der Waals surface area contributed by atoms with E-state index in [2.05, 4.69) is 20.6 Å². The molecular formula is C35H41ClN6O5S. The van der Waals surface area contributed by atoms with Crippen LogP contribution in [0.4, 0.5) is 0 Å². The Labute approximate surface area is 288 Å². The molecule has 13 heteroatoms. The molecule has 2 aliphatic heterocycles. The summed E-state index contributed by atoms with van der Waals surface area (Å²) in [4.78, 5) is 53.0. The van der Waals surface area contributed by atoms with Gasteiger partial charge in [0.15, 0.2) is 5.58 Å². The van der Waals surface area contributed by atoms with Gasteiger partial charge in [-0.15, -0.1) is 11.3 Å². The number of piperidine rings is 1. The fourth-order valence-electron chi connectivity index (χ4n) is 6.30. The van der Waals surface area contributed by atoms with Crippen molar-refractivity contribution in [3.63, 3.8) is 0 Å². The van der Waals surface area contributed by atoms with Crippen LogP contribution in [0.1, 0.15) is 70.6 Å². The number of amides is 2. The number of nitrogens with two attached hydrogens (primary N) is 1. The Bertz CT molecular complexity index is 1670. The number of carbonyl (C=O) groups is 3. The number of ether oxygens (including phenoxy) is 1. The van der Waals surface area contributed by atoms with Gasteiger partial charge in [-0.2, -0.15) is 0 Å². The van der Waals surface area contributed by atoms with Gasteiger partial charge in [0.25, 0.3) is 5.89 Å². The van der Waals surface area contributed by atoms with E-state index in [4.69, 9.17) is 26.5 Å². The van der Waals surface area contributed by atoms with Gasteiger partial charge in [-0.05, 0) is 75.0 Å². The van der Waals surface area contributed by atoms with Gasteiger partial charge in [-0.25, -0.2) is 9.97 Å². The van der Waals surface area contributed by atoms with Crippen molar-refractivity contribution >= 4 is 51.6 Å². The lowest BCUT2D eigenvalue weighted by atomic mass is 10.0. The van der Waals surface area contributed by atoms with Gasteiger partial charge in [0.05, 0.1) is 30.2 Å². The van der Waals surface area contributed by atoms with Crippen molar-refractivity contribution < 1.29 is 23.5 Å². The Kier molecular flexibility index (Phi) is 11.5. The maximum absolute atomic E-state index is 14.0. The first-order chi connectivity index (χ1) is 23.4. The van der Waals surface area contributed by atoms with E-state index in [9.17, 15) is 14.4 Å². The first kappa shape index (κ1) is 34.2. The number of halogens is 1. The number of likely N-dealkylation sites (tertiary alicyclic amines) is 1. The van der Waals surface area contributed by atoms with Crippen LogP contribution in [0.3, 0.4) is 0 Å². The zero-order valence-corrected chi connectivity index (χ0v) is 28.3. The smallest absolute Gasteiger partial charge is 0.266 e. The lowest BCUT2D eigenvalue weighted by Crippen LogP contribution is -2.51. The molecule has 4 aromatic rings. The molecule has 4 atom stereocenters. The topological polar surface area (TPSA) is 153 Å². The first-order valence-corrected chi connectivity index (χ1v) is 17.8. The zero-order valence-electron chi connectivity index (χ0n) is 26.7. The SMILES string of the molecule is NCCCC[C@H](NC(=O)[C@@H]1C[C@@H](OCc2ccc(Cl)cc2)CN1C(=O)Cc1cnc([C@H]2CCCNC2)s1)C(=O)c1nc2ccccc2o1. The summed E-state index contributed by atoms with van der Waals surface area (Å²) in [6.45, 7) is 2.92. The second-order valence-corrected chi connectivity index (χ2v) is 14.0. The number of Topliss-reactive ketones (excluding diaryl/α,β-unsaturated/α-hetero) is 1. The standard InChI is InChI=1S/C35H41ClN6O5S/c36-24-12-10-22(11-13-24)21-46-25-16-29(42(20-25)31(43)17-26-19-39-35(48-26)23-6-5-15-38-18-23)33(45)40-28(8-3-4-14-37)32(44)34-41-27-7-1-2-9-30(27)47-34/h1-2,7,9-13,19,23,25,28-29,38H,3-6,8,14-18,20-21,37H2,(H,40,45)/t23-,25+,28-,29-/m0/s1. The fraction of sp³-hybridized carbons (Fsp3) is 0.457. The average molecular weight is 693 g/mol. The quantitative estimate of drug-likeness (QED) is 0.127. The van der Waals surface area contributed by atoms with Crippen LogP contribution in [0.25, 0.3) is 11.1 Å². The molecule has 11 nitrogen and oxygen atoms in total. The predicted octanol–water partition coefficient (Wildman–Crippen LogP) is 4.63. The number of aromatic nitrogens is 2. The number of ketones is 1. The third kappa shape index (κ3) is 8.48. The minimum Gasteiger partial charge on any atom is -0.434 e. The Morgan fingerprint density at radius 3 is 2.77 bits per heavy atom. The molecule has 0 saturated carbocycles. The highest BCUT2D eigenvalue weighted by Crippen LogP contribution is 2.29. The summed E-state index contributed by atoms with van der Waals surface area (Å²) in [6.07, 6.45) is 5.66. The van der Waals surface area contributed by atoms with Gasteiger partial charge < -0.3 is 30.4 Å². The zero-order chi connectivity index (χ0) is 33.5. The number of benzene rings is 2. The number of thiazole rings is 1. The number of oxazole rings is 1. The third-order valence-electron chi connectivity index (χ3n) is 8.91. The summed E-state index contributed by atoms with van der Waals surface area (Å²) in [5.41, 5.74) is 7.72. The number of hydrogen-bond acceptors (Lipinski definition) is 10. The van der Waals surface area contributed by atoms with E-state index < -0.39 is 23.8 Å². The summed E-state index contributed by atoms with van der Waals surface area (Å²) < 4.78 is 12.0. The molecule has 6 rings (SSSR count). The fourth-order valence-corrected chi connectivity index (χ4v) is 7.47. The molecule has 2 saturated heterocycles. The maximum atomic E-state index is 14.0. The van der Waals surface area contributed by atoms with E-state index >= 15 is 0 Å². The van der Waals surface area contributed by atoms with Gasteiger partial charge in [-0.3, -0.25) is 14.4 Å². The monoisotopic (exact) mass is 692 g/mol. The third-order valence-corrected chi connectivity index (χ3v) is 10.3. The highest BCUT2D eigenvalue weighted by molar-refractivity contribution is 7.11. The Balaban J connectivity index is 1.18. The van der Waals surface area contributed by atoms with Crippen LogP contribution in [0.2, 0.25) is 5.02 Å². The molecule has 48 heavy (non-hydrogen) atoms. The van der Waals surface area contributed by atoms with Gasteiger partial charge >= 0.3 is 0 Å². The van der Waals surface area contributed by atoms with Gasteiger partial charge in [0.2, 0.25) is 17.6 Å². The number of para-hydroxylation sites is 2. The van der Waals surface area contributed by atoms with Crippen LogP contribution < -0.4 is 16.4 Å². The Morgan fingerprint density at radius 2 is 2.00 bits per heavy atom. The molecule has 0 unspecified atom stereocenters. The van der Waals surface area contributed by atoms with E-state index in [0.29, 0.717) is 60.9 Å². The highest BCUT2D eigenvalue weighted by atomic mass is 35.5. The van der Waals surface area contributed by atoms with Crippen LogP contribution in [-0.2, 0) is 27.4 Å². The normalized spacial score (nSPS) is 20.2. The van der Waals surface area contributed by atoms with Gasteiger partial charge in [-0.1, -0.05) is 35.9 Å². The minimum atomic E-state index is -0.892. The van der Waals surface area contributed by atoms with Crippen LogP contribution in [0.5, 0.6) is 0 Å². The van der Waals surface area contributed by atoms with Crippen LogP contribution in [-0.4, -0.2) is 76.8 Å². The van der Waals surface area contributed by atoms with Crippen LogP contribution in [0, 0.1) is 0 Å². The van der Waals surface area contributed by atoms with E-state index in [-0.39, 0.29) is 30.9 Å². The van der Waals surface area contributed by atoms with Crippen molar-refractivity contribution in [2.24, 2.45) is 5.73 Å². The molecule has 2 aliphatic rings. The van der Waals surface area contributed by atoms with E-state index in [1.165, 1.54) is 0 Å². The summed E-state index contributed by atoms with van der Waals surface area (Å²) in [7, 11) is 0. The van der Waals surface area contributed by atoms with Crippen LogP contribution >= 0.6 is 22.9 Å². The molecule has 4 N–H and O–H groups in total. The summed E-state index contributed by atoms with van der Waals surface area (Å²) in [5, 5.41) is 8.03. The Morgan fingerprint density at radius 1 is 1.17 bits per heavy atom. The first-order valence-electron chi connectivity index (χ1n) is 16.6. The van der Waals surface area contributed by atoms with Crippen molar-refractivity contribution in [3.05, 3.63) is 81.1 Å². The summed E-state index contributed by atoms with van der Waals surface area (Å²) in [6, 6.07) is 12.8. The second-order valence-electron chi connectivity index (χ2n) is 12.4. The molecule has 2 aromatic heterocycles. The van der Waals surface area contributed by atoms with E-state index in [1.807, 2.05) is 18.2 Å². The minimum absolute atomic E-state index is 0.0630. The maximum Gasteiger partial charge on any atom is 0.266 e. The molecule has 254 valence electrons. The number of nitrogens with one attached hydrogen (secondary N) is 2. The molecule has 0 aliphatic carbocycles. The molecule has 4 heterocycles. The molecule has 0 bridgehead atoms. The largest absolute Gasteiger partial charge is 0.434 e. The molecule has 2 amide bonds. The summed E-state index contributed by atoms with van der Waals surface area (Å²) >= 11 is 7.60. The molecular weight excluding hydrogens is 652 g/mol. The van der Waals surface area contributed by atoms with E-state index in [0.717, 1.165) is 41.4 Å².